The van der Waals surface area contributed by atoms with Gasteiger partial charge in [-0.25, -0.2) is 13.4 Å². The largest absolute Gasteiger partial charge is 0.345 e. The molecule has 1 aliphatic rings. The van der Waals surface area contributed by atoms with E-state index in [1.807, 2.05) is 13.1 Å². The van der Waals surface area contributed by atoms with Crippen molar-refractivity contribution in [3.63, 3.8) is 0 Å². The standard InChI is InChI=1S/C20H21N5O3S2/c1-15-14-22-20(29-15)25-12-10-24(11-13-25)19(26)16-2-4-18(5-3-16)30(27,28)23-17-6-8-21-9-7-17/h2-9,14H,10-13H2,1H3,(H,21,23). The second-order valence-corrected chi connectivity index (χ2v) is 9.79. The molecule has 3 heterocycles. The Hall–Kier alpha value is -2.98. The molecule has 0 saturated carbocycles. The number of thiazole rings is 1. The van der Waals surface area contributed by atoms with Crippen LogP contribution in [0.4, 0.5) is 10.8 Å². The van der Waals surface area contributed by atoms with Crippen LogP contribution in [-0.2, 0) is 10.0 Å². The molecule has 1 amide bonds. The molecule has 0 unspecified atom stereocenters. The van der Waals surface area contributed by atoms with E-state index in [0.717, 1.165) is 23.1 Å². The summed E-state index contributed by atoms with van der Waals surface area (Å²) in [5.74, 6) is -0.101. The quantitative estimate of drug-likeness (QED) is 0.651. The fourth-order valence-corrected chi connectivity index (χ4v) is 5.05. The molecule has 4 rings (SSSR count). The Balaban J connectivity index is 1.40. The monoisotopic (exact) mass is 443 g/mol. The minimum absolute atomic E-state index is 0.0971. The number of aryl methyl sites for hydroxylation is 1. The number of nitrogens with zero attached hydrogens (tertiary/aromatic N) is 4. The van der Waals surface area contributed by atoms with Gasteiger partial charge in [0.15, 0.2) is 5.13 Å². The van der Waals surface area contributed by atoms with Crippen LogP contribution >= 0.6 is 11.3 Å². The molecule has 1 aromatic carbocycles. The van der Waals surface area contributed by atoms with Crippen LogP contribution in [0.15, 0.2) is 59.9 Å². The van der Waals surface area contributed by atoms with Crippen LogP contribution in [0.25, 0.3) is 0 Å². The lowest BCUT2D eigenvalue weighted by molar-refractivity contribution is 0.0746. The van der Waals surface area contributed by atoms with E-state index in [-0.39, 0.29) is 10.8 Å². The van der Waals surface area contributed by atoms with E-state index >= 15 is 0 Å². The minimum Gasteiger partial charge on any atom is -0.345 e. The summed E-state index contributed by atoms with van der Waals surface area (Å²) >= 11 is 1.65. The van der Waals surface area contributed by atoms with Crippen molar-refractivity contribution in [3.8, 4) is 0 Å². The number of rotatable bonds is 5. The molecule has 30 heavy (non-hydrogen) atoms. The number of piperazine rings is 1. The molecule has 2 aromatic heterocycles. The number of carbonyl (C=O) groups excluding carboxylic acids is 1. The molecule has 10 heteroatoms. The van der Waals surface area contributed by atoms with Gasteiger partial charge in [-0.1, -0.05) is 0 Å². The molecule has 0 aliphatic carbocycles. The number of hydrogen-bond donors (Lipinski definition) is 1. The molecule has 8 nitrogen and oxygen atoms in total. The Morgan fingerprint density at radius 2 is 1.70 bits per heavy atom. The summed E-state index contributed by atoms with van der Waals surface area (Å²) in [7, 11) is -3.73. The number of anilines is 2. The van der Waals surface area contributed by atoms with Crippen molar-refractivity contribution in [2.24, 2.45) is 0 Å². The van der Waals surface area contributed by atoms with Crippen molar-refractivity contribution < 1.29 is 13.2 Å². The predicted octanol–water partition coefficient (Wildman–Crippen LogP) is 2.61. The number of aromatic nitrogens is 2. The maximum Gasteiger partial charge on any atom is 0.261 e. The van der Waals surface area contributed by atoms with Crippen LogP contribution in [0, 0.1) is 6.92 Å². The molecule has 156 valence electrons. The smallest absolute Gasteiger partial charge is 0.261 e. The molecule has 1 aliphatic heterocycles. The minimum atomic E-state index is -3.73. The van der Waals surface area contributed by atoms with Crippen molar-refractivity contribution >= 4 is 38.1 Å². The third kappa shape index (κ3) is 4.44. The first-order chi connectivity index (χ1) is 14.4. The van der Waals surface area contributed by atoms with Gasteiger partial charge in [-0.15, -0.1) is 11.3 Å². The topological polar surface area (TPSA) is 95.5 Å². The molecular formula is C20H21N5O3S2. The molecule has 1 N–H and O–H groups in total. The molecule has 0 spiro atoms. The Kier molecular flexibility index (Phi) is 5.69. The first kappa shape index (κ1) is 20.3. The van der Waals surface area contributed by atoms with E-state index < -0.39 is 10.0 Å². The zero-order valence-corrected chi connectivity index (χ0v) is 18.0. The Labute approximate surface area is 179 Å². The van der Waals surface area contributed by atoms with E-state index in [2.05, 4.69) is 19.6 Å². The first-order valence-corrected chi connectivity index (χ1v) is 11.7. The van der Waals surface area contributed by atoms with Crippen LogP contribution in [0.3, 0.4) is 0 Å². The number of pyridine rings is 1. The molecule has 0 radical (unpaired) electrons. The Bertz CT molecular complexity index is 1120. The number of nitrogens with one attached hydrogen (secondary N) is 1. The van der Waals surface area contributed by atoms with Gasteiger partial charge < -0.3 is 9.80 Å². The number of carbonyl (C=O) groups is 1. The number of benzene rings is 1. The maximum atomic E-state index is 12.8. The molecule has 1 saturated heterocycles. The van der Waals surface area contributed by atoms with Crippen molar-refractivity contribution in [3.05, 3.63) is 65.4 Å². The van der Waals surface area contributed by atoms with E-state index in [0.29, 0.717) is 24.3 Å². The second kappa shape index (κ2) is 8.41. The van der Waals surface area contributed by atoms with Crippen LogP contribution in [0.5, 0.6) is 0 Å². The summed E-state index contributed by atoms with van der Waals surface area (Å²) in [5, 5.41) is 0.982. The summed E-state index contributed by atoms with van der Waals surface area (Å²) in [6.07, 6.45) is 4.88. The third-order valence-corrected chi connectivity index (χ3v) is 7.16. The van der Waals surface area contributed by atoms with Crippen molar-refractivity contribution in [1.82, 2.24) is 14.9 Å². The van der Waals surface area contributed by atoms with Gasteiger partial charge >= 0.3 is 0 Å². The zero-order valence-electron chi connectivity index (χ0n) is 16.4. The normalized spacial score (nSPS) is 14.6. The lowest BCUT2D eigenvalue weighted by atomic mass is 10.2. The average Bonchev–Trinajstić information content (AvgIpc) is 3.20. The van der Waals surface area contributed by atoms with Gasteiger partial charge in [-0.2, -0.15) is 0 Å². The number of sulfonamides is 1. The van der Waals surface area contributed by atoms with Gasteiger partial charge in [0.25, 0.3) is 15.9 Å². The highest BCUT2D eigenvalue weighted by molar-refractivity contribution is 7.92. The van der Waals surface area contributed by atoms with Crippen LogP contribution in [0.1, 0.15) is 15.2 Å². The molecule has 1 fully saturated rings. The highest BCUT2D eigenvalue weighted by Crippen LogP contribution is 2.23. The van der Waals surface area contributed by atoms with E-state index in [9.17, 15) is 13.2 Å². The van der Waals surface area contributed by atoms with Crippen molar-refractivity contribution in [2.45, 2.75) is 11.8 Å². The fourth-order valence-electron chi connectivity index (χ4n) is 3.18. The SMILES string of the molecule is Cc1cnc(N2CCN(C(=O)c3ccc(S(=O)(=O)Nc4ccncc4)cc3)CC2)s1. The van der Waals surface area contributed by atoms with Crippen LogP contribution in [0.2, 0.25) is 0 Å². The molecular weight excluding hydrogens is 422 g/mol. The predicted molar refractivity (Wildman–Crippen MR) is 116 cm³/mol. The molecule has 0 atom stereocenters. The number of amides is 1. The summed E-state index contributed by atoms with van der Waals surface area (Å²) in [6.45, 7) is 4.67. The number of hydrogen-bond acceptors (Lipinski definition) is 7. The highest BCUT2D eigenvalue weighted by atomic mass is 32.2. The van der Waals surface area contributed by atoms with E-state index in [1.54, 1.807) is 40.5 Å². The molecule has 0 bridgehead atoms. The maximum absolute atomic E-state index is 12.8. The average molecular weight is 444 g/mol. The van der Waals surface area contributed by atoms with Gasteiger partial charge in [-0.05, 0) is 43.3 Å². The Morgan fingerprint density at radius 1 is 1.03 bits per heavy atom. The van der Waals surface area contributed by atoms with Crippen molar-refractivity contribution in [1.29, 1.82) is 0 Å². The lowest BCUT2D eigenvalue weighted by Gasteiger charge is -2.34. The lowest BCUT2D eigenvalue weighted by Crippen LogP contribution is -2.48. The summed E-state index contributed by atoms with van der Waals surface area (Å²) in [5.41, 5.74) is 0.898. The second-order valence-electron chi connectivity index (χ2n) is 6.90. The Morgan fingerprint density at radius 3 is 2.30 bits per heavy atom. The summed E-state index contributed by atoms with van der Waals surface area (Å²) in [6, 6.07) is 9.15. The van der Waals surface area contributed by atoms with Crippen LogP contribution < -0.4 is 9.62 Å². The van der Waals surface area contributed by atoms with E-state index in [4.69, 9.17) is 0 Å². The first-order valence-electron chi connectivity index (χ1n) is 9.42. The van der Waals surface area contributed by atoms with Gasteiger partial charge in [0.1, 0.15) is 0 Å². The fraction of sp³-hybridized carbons (Fsp3) is 0.250. The zero-order chi connectivity index (χ0) is 21.1. The van der Waals surface area contributed by atoms with Gasteiger partial charge in [-0.3, -0.25) is 14.5 Å². The third-order valence-electron chi connectivity index (χ3n) is 4.79. The summed E-state index contributed by atoms with van der Waals surface area (Å²) < 4.78 is 27.5. The van der Waals surface area contributed by atoms with Gasteiger partial charge in [0.05, 0.1) is 10.6 Å². The molecule has 3 aromatic rings. The summed E-state index contributed by atoms with van der Waals surface area (Å²) in [4.78, 5) is 26.3. The van der Waals surface area contributed by atoms with Crippen LogP contribution in [-0.4, -0.2) is 55.4 Å². The van der Waals surface area contributed by atoms with E-state index in [1.165, 1.54) is 24.5 Å². The van der Waals surface area contributed by atoms with Crippen molar-refractivity contribution in [2.75, 3.05) is 35.8 Å². The highest BCUT2D eigenvalue weighted by Gasteiger charge is 2.24. The van der Waals surface area contributed by atoms with Gasteiger partial charge in [0, 0.05) is 55.2 Å². The van der Waals surface area contributed by atoms with Gasteiger partial charge in [0.2, 0.25) is 0 Å².